The van der Waals surface area contributed by atoms with Gasteiger partial charge >= 0.3 is 11.9 Å². The Morgan fingerprint density at radius 1 is 0.496 bits per heavy atom. The molecule has 0 radical (unpaired) electrons. The Labute approximate surface area is 732 Å². The van der Waals surface area contributed by atoms with Gasteiger partial charge in [0.2, 0.25) is 82.7 Å². The summed E-state index contributed by atoms with van der Waals surface area (Å²) in [6.45, 7) is 15.4. The molecule has 3 aromatic heterocycles. The van der Waals surface area contributed by atoms with Crippen molar-refractivity contribution in [2.24, 2.45) is 17.8 Å². The number of fused-ring (bicyclic) bond motifs is 2. The van der Waals surface area contributed by atoms with Crippen LogP contribution in [0.3, 0.4) is 0 Å². The first kappa shape index (κ1) is 104. The SMILES string of the molecule is C#CCOCCOCCOCCn1cc(C[C@H](NC(=O)[C@H](C)NC(=O)[C@H](CS)NC(=O)[C@H](CC(=O)O)NC(C)=O)C(=O)N[C@@H](Cc2cnc[nH]2)C(=O)N[C@@H](CC(C)C)C(=O)NCC(=O)N[C@@H](CCC(=O)O)C(=O)N[C@@H](CC(C)C)C(=O)N[C@H](C(=O)N[C@@H](Cc2c[nH]c3ccccc23)C(=O)N[C@@H](CS)C(=O)N[C@H](C(=O)NC(C)=O)[C@@H](C)O)C(C)C)c2ccccc21. The fourth-order valence-corrected chi connectivity index (χ4v) is 13.4. The van der Waals surface area contributed by atoms with E-state index < -0.39 is 211 Å². The lowest BCUT2D eigenvalue weighted by Gasteiger charge is -2.29. The van der Waals surface area contributed by atoms with Crippen molar-refractivity contribution >= 4 is 148 Å². The average Bonchev–Trinajstić information content (AvgIpc) is 1.66. The van der Waals surface area contributed by atoms with Crippen LogP contribution in [0.1, 0.15) is 118 Å². The Morgan fingerprint density at radius 2 is 0.992 bits per heavy atom. The van der Waals surface area contributed by atoms with E-state index in [4.69, 9.17) is 20.6 Å². The van der Waals surface area contributed by atoms with Gasteiger partial charge in [-0.1, -0.05) is 83.9 Å². The predicted octanol–water partition coefficient (Wildman–Crippen LogP) is -2.48. The fraction of sp³-hybridized carbons (Fsp3) is 0.537. The van der Waals surface area contributed by atoms with Crippen LogP contribution >= 0.6 is 25.3 Å². The van der Waals surface area contributed by atoms with Gasteiger partial charge in [-0.25, -0.2) is 4.98 Å². The summed E-state index contributed by atoms with van der Waals surface area (Å²) in [6, 6.07) is -4.28. The minimum atomic E-state index is -1.70. The second kappa shape index (κ2) is 52.6. The number of aromatic nitrogens is 4. The molecule has 0 saturated heterocycles. The van der Waals surface area contributed by atoms with Crippen molar-refractivity contribution in [2.75, 3.05) is 57.7 Å². The number of aliphatic hydroxyl groups is 1. The van der Waals surface area contributed by atoms with Gasteiger partial charge in [-0.15, -0.1) is 6.42 Å². The molecule has 125 heavy (non-hydrogen) atoms. The molecule has 43 heteroatoms. The highest BCUT2D eigenvalue weighted by Gasteiger charge is 2.39. The van der Waals surface area contributed by atoms with E-state index in [1.807, 2.05) is 16.0 Å². The van der Waals surface area contributed by atoms with E-state index in [1.165, 1.54) is 26.4 Å². The van der Waals surface area contributed by atoms with Crippen LogP contribution in [0.15, 0.2) is 73.4 Å². The van der Waals surface area contributed by atoms with Gasteiger partial charge in [-0.05, 0) is 74.1 Å². The van der Waals surface area contributed by atoms with E-state index in [0.717, 1.165) is 13.8 Å². The number of imidazole rings is 1. The monoisotopic (exact) mass is 1780 g/mol. The molecule has 0 aliphatic heterocycles. The van der Waals surface area contributed by atoms with Crippen LogP contribution in [0.4, 0.5) is 0 Å². The quantitative estimate of drug-likeness (QED) is 0.0109. The number of imide groups is 1. The summed E-state index contributed by atoms with van der Waals surface area (Å²) in [5.74, 6) is -16.9. The third kappa shape index (κ3) is 35.3. The van der Waals surface area contributed by atoms with Gasteiger partial charge in [0.25, 0.3) is 5.91 Å². The first-order chi connectivity index (χ1) is 59.2. The van der Waals surface area contributed by atoms with Crippen molar-refractivity contribution in [1.29, 1.82) is 0 Å². The molecule has 5 rings (SSSR count). The van der Waals surface area contributed by atoms with E-state index in [2.05, 4.69) is 115 Å². The number of carboxylic acids is 2. The average molecular weight is 1790 g/mol. The van der Waals surface area contributed by atoms with Gasteiger partial charge < -0.3 is 113 Å². The number of hydrogen-bond acceptors (Lipinski definition) is 24. The summed E-state index contributed by atoms with van der Waals surface area (Å²) in [5.41, 5.74) is 2.72. The molecule has 0 fully saturated rings. The summed E-state index contributed by atoms with van der Waals surface area (Å²) in [7, 11) is 0. The fourth-order valence-electron chi connectivity index (χ4n) is 12.9. The number of aliphatic hydroxyl groups excluding tert-OH is 1. The Morgan fingerprint density at radius 3 is 1.54 bits per heavy atom. The largest absolute Gasteiger partial charge is 0.481 e. The summed E-state index contributed by atoms with van der Waals surface area (Å²) >= 11 is 8.42. The van der Waals surface area contributed by atoms with Gasteiger partial charge in [-0.3, -0.25) is 86.8 Å². The molecule has 0 unspecified atom stereocenters. The number of carboxylic acid groups (broad SMARTS) is 2. The molecule has 41 nitrogen and oxygen atoms in total. The molecule has 0 bridgehead atoms. The van der Waals surface area contributed by atoms with E-state index in [1.54, 1.807) is 96.4 Å². The molecule has 2 aromatic carbocycles. The van der Waals surface area contributed by atoms with Gasteiger partial charge in [0.15, 0.2) is 0 Å². The van der Waals surface area contributed by atoms with Crippen molar-refractivity contribution in [2.45, 2.75) is 206 Å². The zero-order valence-corrected chi connectivity index (χ0v) is 73.1. The number of rotatable bonds is 55. The van der Waals surface area contributed by atoms with Crippen molar-refractivity contribution in [3.05, 3.63) is 90.3 Å². The third-order valence-electron chi connectivity index (χ3n) is 19.1. The van der Waals surface area contributed by atoms with E-state index >= 15 is 4.79 Å². The van der Waals surface area contributed by atoms with Crippen molar-refractivity contribution in [3.63, 3.8) is 0 Å². The normalized spacial score (nSPS) is 14.4. The first-order valence-corrected chi connectivity index (χ1v) is 41.8. The first-order valence-electron chi connectivity index (χ1n) is 40.5. The van der Waals surface area contributed by atoms with Crippen LogP contribution in [-0.2, 0) is 122 Å². The number of H-pyrrole nitrogens is 2. The van der Waals surface area contributed by atoms with Crippen molar-refractivity contribution < 1.29 is 111 Å². The number of carbonyl (C=O) groups excluding carboxylic acids is 15. The van der Waals surface area contributed by atoms with Gasteiger partial charge in [-0.2, -0.15) is 25.3 Å². The van der Waals surface area contributed by atoms with E-state index in [-0.39, 0.29) is 88.5 Å². The molecular formula is C82H116N18O23S2. The number of thiol groups is 2. The molecule has 3 heterocycles. The second-order valence-electron chi connectivity index (χ2n) is 30.8. The summed E-state index contributed by atoms with van der Waals surface area (Å²) in [5, 5.41) is 65.6. The van der Waals surface area contributed by atoms with Crippen molar-refractivity contribution in [1.82, 2.24) is 94.0 Å². The van der Waals surface area contributed by atoms with Gasteiger partial charge in [0.05, 0.1) is 58.4 Å². The van der Waals surface area contributed by atoms with Gasteiger partial charge in [0.1, 0.15) is 79.1 Å². The summed E-state index contributed by atoms with van der Waals surface area (Å²) in [4.78, 5) is 242. The van der Waals surface area contributed by atoms with Crippen LogP contribution in [0, 0.1) is 30.1 Å². The van der Waals surface area contributed by atoms with Crippen LogP contribution in [0.5, 0.6) is 0 Å². The van der Waals surface area contributed by atoms with Gasteiger partial charge in [0, 0.05) is 104 Å². The minimum Gasteiger partial charge on any atom is -0.481 e. The molecule has 0 spiro atoms. The number of benzene rings is 2. The number of ether oxygens (including phenoxy) is 3. The highest BCUT2D eigenvalue weighted by Crippen LogP contribution is 2.25. The standard InChI is InChI=1S/C82H116N18O23S2/c1-12-24-121-26-28-123-29-27-122-25-23-100-39-51(54-18-14-16-20-65(54)100)33-60(91-71(109)46(8)87-79(117)63(40-124)96-77(115)62(35-68(107)108)88-48(10)102)74(112)94-61(34-52-37-83-42-86-52)76(114)92-57(30-43(2)3)72(110)85-38-66(104)90-56(21-22-67(105)106)73(111)93-58(31-44(4)5)78(116)98-69(45(6)7)81(119)95-59(32-50-36-84-55-19-15-13-17-53(50)55)75(113)97-64(41-125)80(118)99-70(47(9)101)82(120)89-49(11)103/h1,13-20,36-37,39,42-47,56-64,69-70,84,101,124-125H,21-35,38,40-41H2,2-11H3,(H,83,86)(H,85,110)(H,87,117)(H,88,102)(H,90,104)(H,91,109)(H,92,114)(H,93,111)(H,94,112)(H,95,119)(H,96,115)(H,97,113)(H,98,116)(H,99,118)(H,105,106)(H,107,108)(H,89,103,120)/t46-,47+,56-,57-,58-,59-,60-,61-,62-,63-,64-,69-,70-/m0/s1. The smallest absolute Gasteiger partial charge is 0.305 e. The lowest BCUT2D eigenvalue weighted by Crippen LogP contribution is -2.62. The van der Waals surface area contributed by atoms with Crippen LogP contribution in [0.25, 0.3) is 21.8 Å². The molecule has 13 atom stereocenters. The molecule has 15 amide bonds. The molecule has 19 N–H and O–H groups in total. The number of hydrogen-bond donors (Lipinski definition) is 21. The lowest BCUT2D eigenvalue weighted by molar-refractivity contribution is -0.141. The molecule has 0 aliphatic carbocycles. The molecule has 684 valence electrons. The third-order valence-corrected chi connectivity index (χ3v) is 19.9. The maximum Gasteiger partial charge on any atom is 0.305 e. The molecule has 0 saturated carbocycles. The summed E-state index contributed by atoms with van der Waals surface area (Å²) in [6.07, 6.45) is 6.66. The van der Waals surface area contributed by atoms with Crippen LogP contribution < -0.4 is 74.4 Å². The number of aromatic amines is 2. The number of terminal acetylenes is 1. The number of carbonyl (C=O) groups is 17. The maximum atomic E-state index is 15.2. The Kier molecular flexibility index (Phi) is 43.6. The van der Waals surface area contributed by atoms with Crippen LogP contribution in [0.2, 0.25) is 0 Å². The Bertz CT molecular complexity index is 4570. The topological polar surface area (TPSA) is 596 Å². The maximum absolute atomic E-state index is 15.2. The second-order valence-corrected chi connectivity index (χ2v) is 31.5. The van der Waals surface area contributed by atoms with E-state index in [9.17, 15) is 92.0 Å². The zero-order valence-electron chi connectivity index (χ0n) is 71.3. The molecule has 0 aliphatic rings. The lowest BCUT2D eigenvalue weighted by atomic mass is 9.98. The molecule has 5 aromatic rings. The minimum absolute atomic E-state index is 0.0877. The number of para-hydroxylation sites is 2. The highest BCUT2D eigenvalue weighted by molar-refractivity contribution is 7.80. The zero-order chi connectivity index (χ0) is 92.7. The van der Waals surface area contributed by atoms with Crippen LogP contribution in [-0.4, -0.2) is 272 Å². The number of amides is 15. The number of nitrogens with zero attached hydrogens (tertiary/aromatic N) is 2. The highest BCUT2D eigenvalue weighted by atomic mass is 32.1. The number of nitrogens with one attached hydrogen (secondary N) is 16. The van der Waals surface area contributed by atoms with E-state index in [0.29, 0.717) is 51.8 Å². The predicted molar refractivity (Wildman–Crippen MR) is 460 cm³/mol. The van der Waals surface area contributed by atoms with Crippen molar-refractivity contribution in [3.8, 4) is 12.3 Å². The Hall–Kier alpha value is -12.0. The summed E-state index contributed by atoms with van der Waals surface area (Å²) < 4.78 is 18.5. The molecular weight excluding hydrogens is 1670 g/mol. The number of aliphatic carboxylic acids is 2. The Balaban J connectivity index is 1.37.